The van der Waals surface area contributed by atoms with E-state index in [4.69, 9.17) is 4.55 Å². The highest BCUT2D eigenvalue weighted by Crippen LogP contribution is 2.14. The van der Waals surface area contributed by atoms with Crippen LogP contribution in [0.3, 0.4) is 0 Å². The zero-order valence-electron chi connectivity index (χ0n) is 6.95. The first-order chi connectivity index (χ1) is 6.57. The highest BCUT2D eigenvalue weighted by Gasteiger charge is 2.09. The monoisotopic (exact) mass is 210 g/mol. The molecule has 1 aromatic heterocycles. The van der Waals surface area contributed by atoms with Crippen molar-refractivity contribution in [2.24, 2.45) is 0 Å². The first-order valence-electron chi connectivity index (χ1n) is 3.76. The molecular formula is C8H6N2O3S. The molecule has 1 N–H and O–H groups in total. The lowest BCUT2D eigenvalue weighted by molar-refractivity contribution is 0.483. The molecule has 0 aliphatic carbocycles. The molecule has 0 fully saturated rings. The smallest absolute Gasteiger partial charge is 0.282 e. The van der Waals surface area contributed by atoms with Gasteiger partial charge in [-0.1, -0.05) is 0 Å². The van der Waals surface area contributed by atoms with Gasteiger partial charge in [0.15, 0.2) is 0 Å². The van der Waals surface area contributed by atoms with E-state index in [1.807, 2.05) is 0 Å². The summed E-state index contributed by atoms with van der Waals surface area (Å²) in [5, 5.41) is 0. The second-order valence-corrected chi connectivity index (χ2v) is 4.10. The van der Waals surface area contributed by atoms with E-state index in [9.17, 15) is 8.42 Å². The Morgan fingerprint density at radius 2 is 1.71 bits per heavy atom. The number of hydrogen-bond acceptors (Lipinski definition) is 4. The van der Waals surface area contributed by atoms with Crippen LogP contribution in [0.1, 0.15) is 0 Å². The molecule has 1 aromatic carbocycles. The van der Waals surface area contributed by atoms with Crippen molar-refractivity contribution in [2.45, 2.75) is 4.90 Å². The molecule has 5 nitrogen and oxygen atoms in total. The molecule has 2 rings (SSSR count). The molecule has 0 spiro atoms. The van der Waals surface area contributed by atoms with Crippen LogP contribution in [-0.4, -0.2) is 22.9 Å². The van der Waals surface area contributed by atoms with Gasteiger partial charge in [0.05, 0.1) is 15.9 Å². The van der Waals surface area contributed by atoms with Crippen LogP contribution in [0.25, 0.3) is 11.0 Å². The Bertz CT molecular complexity index is 580. The number of benzene rings is 1. The van der Waals surface area contributed by atoms with Gasteiger partial charge in [0.2, 0.25) is 0 Å². The highest BCUT2D eigenvalue weighted by atomic mass is 32.2. The maximum absolute atomic E-state index is 10.8. The first-order valence-corrected chi connectivity index (χ1v) is 5.20. The van der Waals surface area contributed by atoms with Crippen LogP contribution < -0.4 is 0 Å². The fourth-order valence-electron chi connectivity index (χ4n) is 1.10. The summed E-state index contributed by atoms with van der Waals surface area (Å²) in [5.41, 5.74) is 1.02. The van der Waals surface area contributed by atoms with Crippen molar-refractivity contribution in [1.29, 1.82) is 0 Å². The number of aromatic nitrogens is 2. The van der Waals surface area contributed by atoms with Crippen LogP contribution in [0.4, 0.5) is 0 Å². The van der Waals surface area contributed by atoms with Gasteiger partial charge in [0.25, 0.3) is 10.1 Å². The summed E-state index contributed by atoms with van der Waals surface area (Å²) in [4.78, 5) is 7.71. The number of rotatable bonds is 1. The van der Waals surface area contributed by atoms with Gasteiger partial charge in [-0.05, 0) is 18.2 Å². The minimum atomic E-state index is -4.16. The van der Waals surface area contributed by atoms with E-state index >= 15 is 0 Å². The normalized spacial score (nSPS) is 11.8. The van der Waals surface area contributed by atoms with Crippen molar-refractivity contribution in [3.05, 3.63) is 30.6 Å². The van der Waals surface area contributed by atoms with E-state index < -0.39 is 10.1 Å². The summed E-state index contributed by atoms with van der Waals surface area (Å²) in [5.74, 6) is 0. The third kappa shape index (κ3) is 1.57. The Hall–Kier alpha value is -1.53. The van der Waals surface area contributed by atoms with Crippen LogP contribution in [0, 0.1) is 0 Å². The van der Waals surface area contributed by atoms with Crippen molar-refractivity contribution in [3.8, 4) is 0 Å². The average molecular weight is 210 g/mol. The molecular weight excluding hydrogens is 204 g/mol. The molecule has 0 aliphatic rings. The molecule has 0 radical (unpaired) electrons. The number of nitrogens with zero attached hydrogens (tertiary/aromatic N) is 2. The Kier molecular flexibility index (Phi) is 1.94. The van der Waals surface area contributed by atoms with E-state index in [1.165, 1.54) is 30.6 Å². The summed E-state index contributed by atoms with van der Waals surface area (Å²) in [6.45, 7) is 0. The molecule has 1 heterocycles. The fraction of sp³-hybridized carbons (Fsp3) is 0. The molecule has 0 atom stereocenters. The molecule has 6 heteroatoms. The Morgan fingerprint density at radius 3 is 2.36 bits per heavy atom. The van der Waals surface area contributed by atoms with Gasteiger partial charge in [0.1, 0.15) is 0 Å². The van der Waals surface area contributed by atoms with Crippen molar-refractivity contribution >= 4 is 21.2 Å². The lowest BCUT2D eigenvalue weighted by atomic mass is 10.3. The quantitative estimate of drug-likeness (QED) is 0.706. The average Bonchev–Trinajstić information content (AvgIpc) is 2.16. The summed E-state index contributed by atoms with van der Waals surface area (Å²) >= 11 is 0. The van der Waals surface area contributed by atoms with Crippen molar-refractivity contribution in [2.75, 3.05) is 0 Å². The molecule has 2 aromatic rings. The lowest BCUT2D eigenvalue weighted by Gasteiger charge is -1.98. The number of hydrogen-bond donors (Lipinski definition) is 1. The van der Waals surface area contributed by atoms with E-state index in [2.05, 4.69) is 9.97 Å². The maximum atomic E-state index is 10.8. The second-order valence-electron chi connectivity index (χ2n) is 2.68. The molecule has 0 bridgehead atoms. The van der Waals surface area contributed by atoms with E-state index in [1.54, 1.807) is 0 Å². The van der Waals surface area contributed by atoms with Gasteiger partial charge in [-0.15, -0.1) is 0 Å². The van der Waals surface area contributed by atoms with E-state index in [0.717, 1.165) is 0 Å². The summed E-state index contributed by atoms with van der Waals surface area (Å²) in [7, 11) is -4.16. The Balaban J connectivity index is 2.75. The van der Waals surface area contributed by atoms with E-state index in [-0.39, 0.29) is 4.90 Å². The zero-order valence-corrected chi connectivity index (χ0v) is 7.77. The molecule has 0 amide bonds. The van der Waals surface area contributed by atoms with Gasteiger partial charge >= 0.3 is 0 Å². The zero-order chi connectivity index (χ0) is 10.2. The minimum Gasteiger partial charge on any atom is -0.282 e. The number of fused-ring (bicyclic) bond motifs is 1. The van der Waals surface area contributed by atoms with Crippen LogP contribution in [0.15, 0.2) is 35.5 Å². The Labute approximate surface area is 80.2 Å². The fourth-order valence-corrected chi connectivity index (χ4v) is 1.60. The third-order valence-corrected chi connectivity index (χ3v) is 2.59. The largest absolute Gasteiger partial charge is 0.294 e. The summed E-state index contributed by atoms with van der Waals surface area (Å²) < 4.78 is 30.3. The van der Waals surface area contributed by atoms with Crippen LogP contribution in [0.2, 0.25) is 0 Å². The highest BCUT2D eigenvalue weighted by molar-refractivity contribution is 7.85. The van der Waals surface area contributed by atoms with Gasteiger partial charge in [-0.3, -0.25) is 14.5 Å². The standard InChI is InChI=1S/C8H6N2O3S/c11-14(12,13)6-1-2-7-8(5-6)10-4-3-9-7/h1-5H,(H,11,12,13). The predicted molar refractivity (Wildman–Crippen MR) is 49.4 cm³/mol. The molecule has 72 valence electrons. The van der Waals surface area contributed by atoms with Crippen LogP contribution >= 0.6 is 0 Å². The van der Waals surface area contributed by atoms with Gasteiger partial charge in [-0.2, -0.15) is 8.42 Å². The molecule has 14 heavy (non-hydrogen) atoms. The predicted octanol–water partition coefficient (Wildman–Crippen LogP) is 0.876. The maximum Gasteiger partial charge on any atom is 0.294 e. The van der Waals surface area contributed by atoms with Gasteiger partial charge in [0, 0.05) is 12.4 Å². The molecule has 0 saturated heterocycles. The summed E-state index contributed by atoms with van der Waals surface area (Å²) in [6, 6.07) is 4.05. The van der Waals surface area contributed by atoms with Crippen LogP contribution in [-0.2, 0) is 10.1 Å². The molecule has 0 aliphatic heterocycles. The topological polar surface area (TPSA) is 80.2 Å². The SMILES string of the molecule is O=S(=O)(O)c1ccc2nccnc2c1. The summed E-state index contributed by atoms with van der Waals surface area (Å²) in [6.07, 6.45) is 2.96. The first kappa shape index (κ1) is 9.04. The van der Waals surface area contributed by atoms with Crippen molar-refractivity contribution in [1.82, 2.24) is 9.97 Å². The van der Waals surface area contributed by atoms with Crippen molar-refractivity contribution in [3.63, 3.8) is 0 Å². The van der Waals surface area contributed by atoms with Crippen LogP contribution in [0.5, 0.6) is 0 Å². The van der Waals surface area contributed by atoms with Gasteiger partial charge in [-0.25, -0.2) is 0 Å². The van der Waals surface area contributed by atoms with Crippen molar-refractivity contribution < 1.29 is 13.0 Å². The third-order valence-electron chi connectivity index (χ3n) is 1.74. The van der Waals surface area contributed by atoms with E-state index in [0.29, 0.717) is 11.0 Å². The minimum absolute atomic E-state index is 0.175. The van der Waals surface area contributed by atoms with Gasteiger partial charge < -0.3 is 0 Å². The molecule has 0 saturated carbocycles. The molecule has 0 unspecified atom stereocenters. The lowest BCUT2D eigenvalue weighted by Crippen LogP contribution is -1.98. The Morgan fingerprint density at radius 1 is 1.07 bits per heavy atom. The second kappa shape index (κ2) is 3.00.